The predicted octanol–water partition coefficient (Wildman–Crippen LogP) is 0.638. The number of esters is 1. The lowest BCUT2D eigenvalue weighted by molar-refractivity contribution is -0.156. The normalized spacial score (nSPS) is 23.1. The zero-order valence-corrected chi connectivity index (χ0v) is 9.11. The van der Waals surface area contributed by atoms with Crippen LogP contribution < -0.4 is 0 Å². The fourth-order valence-corrected chi connectivity index (χ4v) is 1.97. The lowest BCUT2D eigenvalue weighted by atomic mass is 9.99. The van der Waals surface area contributed by atoms with E-state index < -0.39 is 17.4 Å². The highest BCUT2D eigenvalue weighted by Crippen LogP contribution is 2.31. The molecule has 0 saturated carbocycles. The van der Waals surface area contributed by atoms with Crippen LogP contribution in [0.2, 0.25) is 0 Å². The first-order chi connectivity index (χ1) is 7.49. The second kappa shape index (κ2) is 3.42. The summed E-state index contributed by atoms with van der Waals surface area (Å²) in [4.78, 5) is 23.3. The van der Waals surface area contributed by atoms with Gasteiger partial charge in [-0.2, -0.15) is 0 Å². The molecule has 0 radical (unpaired) electrons. The molecule has 0 heterocycles. The molecule has 16 heavy (non-hydrogen) atoms. The molecule has 0 spiro atoms. The van der Waals surface area contributed by atoms with Crippen molar-refractivity contribution in [1.82, 2.24) is 0 Å². The fraction of sp³-hybridized carbons (Fsp3) is 0.333. The molecule has 1 aromatic rings. The third kappa shape index (κ3) is 1.34. The summed E-state index contributed by atoms with van der Waals surface area (Å²) < 4.78 is 4.46. The van der Waals surface area contributed by atoms with Crippen molar-refractivity contribution < 1.29 is 19.4 Å². The van der Waals surface area contributed by atoms with Crippen LogP contribution in [-0.4, -0.2) is 29.6 Å². The molecule has 84 valence electrons. The predicted molar refractivity (Wildman–Crippen MR) is 56.2 cm³/mol. The number of benzene rings is 1. The van der Waals surface area contributed by atoms with E-state index in [9.17, 15) is 14.7 Å². The highest BCUT2D eigenvalue weighted by molar-refractivity contribution is 6.18. The van der Waals surface area contributed by atoms with Crippen molar-refractivity contribution in [1.29, 1.82) is 0 Å². The average Bonchev–Trinajstić information content (AvgIpc) is 2.52. The summed E-state index contributed by atoms with van der Waals surface area (Å²) in [6.07, 6.45) is -0.00583. The van der Waals surface area contributed by atoms with Crippen LogP contribution in [0.3, 0.4) is 0 Å². The first kappa shape index (κ1) is 10.8. The van der Waals surface area contributed by atoms with Crippen LogP contribution in [0.1, 0.15) is 21.5 Å². The minimum atomic E-state index is -2.04. The van der Waals surface area contributed by atoms with Crippen LogP contribution in [0.15, 0.2) is 18.2 Å². The Balaban J connectivity index is 2.49. The maximum atomic E-state index is 11.9. The number of ether oxygens (including phenoxy) is 1. The third-order valence-corrected chi connectivity index (χ3v) is 2.85. The Bertz CT molecular complexity index is 478. The van der Waals surface area contributed by atoms with Crippen LogP contribution in [0, 0.1) is 6.92 Å². The lowest BCUT2D eigenvalue weighted by Crippen LogP contribution is -2.45. The number of ketones is 1. The fourth-order valence-electron chi connectivity index (χ4n) is 1.97. The van der Waals surface area contributed by atoms with Gasteiger partial charge in [-0.25, -0.2) is 4.79 Å². The third-order valence-electron chi connectivity index (χ3n) is 2.85. The van der Waals surface area contributed by atoms with Gasteiger partial charge in [-0.15, -0.1) is 0 Å². The Labute approximate surface area is 92.8 Å². The van der Waals surface area contributed by atoms with Crippen molar-refractivity contribution in [3.63, 3.8) is 0 Å². The van der Waals surface area contributed by atoms with E-state index in [0.717, 1.165) is 12.7 Å². The summed E-state index contributed by atoms with van der Waals surface area (Å²) in [6, 6.07) is 5.27. The lowest BCUT2D eigenvalue weighted by Gasteiger charge is -2.16. The van der Waals surface area contributed by atoms with Crippen LogP contribution in [0.25, 0.3) is 0 Å². The molecule has 4 nitrogen and oxygen atoms in total. The number of carbonyl (C=O) groups is 2. The molecule has 2 rings (SSSR count). The van der Waals surface area contributed by atoms with E-state index >= 15 is 0 Å². The second-order valence-electron chi connectivity index (χ2n) is 4.02. The number of fused-ring (bicyclic) bond motifs is 1. The molecule has 0 bridgehead atoms. The van der Waals surface area contributed by atoms with E-state index in [2.05, 4.69) is 4.74 Å². The van der Waals surface area contributed by atoms with Gasteiger partial charge in [-0.3, -0.25) is 4.79 Å². The smallest absolute Gasteiger partial charge is 0.346 e. The number of aryl methyl sites for hydroxylation is 1. The summed E-state index contributed by atoms with van der Waals surface area (Å²) >= 11 is 0. The largest absolute Gasteiger partial charge is 0.467 e. The molecule has 1 N–H and O–H groups in total. The number of Topliss-reactive ketones (excluding diaryl/α,β-unsaturated/α-hetero) is 1. The molecule has 0 amide bonds. The van der Waals surface area contributed by atoms with Crippen LogP contribution in [0.4, 0.5) is 0 Å². The number of aliphatic hydroxyl groups is 1. The average molecular weight is 220 g/mol. The van der Waals surface area contributed by atoms with Crippen LogP contribution in [0.5, 0.6) is 0 Å². The summed E-state index contributed by atoms with van der Waals surface area (Å²) in [5.74, 6) is -1.47. The zero-order valence-electron chi connectivity index (χ0n) is 9.11. The first-order valence-corrected chi connectivity index (χ1v) is 4.94. The molecule has 0 fully saturated rings. The number of hydrogen-bond donors (Lipinski definition) is 1. The van der Waals surface area contributed by atoms with Crippen molar-refractivity contribution in [2.75, 3.05) is 7.11 Å². The first-order valence-electron chi connectivity index (χ1n) is 4.94. The summed E-state index contributed by atoms with van der Waals surface area (Å²) in [5.41, 5.74) is -0.0251. The summed E-state index contributed by atoms with van der Waals surface area (Å²) in [5, 5.41) is 10.0. The van der Waals surface area contributed by atoms with Crippen molar-refractivity contribution in [3.8, 4) is 0 Å². The zero-order chi connectivity index (χ0) is 11.9. The van der Waals surface area contributed by atoms with Crippen molar-refractivity contribution in [2.24, 2.45) is 0 Å². The second-order valence-corrected chi connectivity index (χ2v) is 4.02. The number of methoxy groups -OCH3 is 1. The Morgan fingerprint density at radius 1 is 1.50 bits per heavy atom. The molecular formula is C12H12O4. The van der Waals surface area contributed by atoms with Crippen LogP contribution >= 0.6 is 0 Å². The highest BCUT2D eigenvalue weighted by Gasteiger charge is 2.51. The van der Waals surface area contributed by atoms with Gasteiger partial charge in [0.25, 0.3) is 0 Å². The molecule has 4 heteroatoms. The van der Waals surface area contributed by atoms with Gasteiger partial charge in [0.2, 0.25) is 11.4 Å². The molecule has 1 aliphatic rings. The Kier molecular flexibility index (Phi) is 2.31. The van der Waals surface area contributed by atoms with Crippen molar-refractivity contribution in [3.05, 3.63) is 34.9 Å². The van der Waals surface area contributed by atoms with Gasteiger partial charge in [0.05, 0.1) is 7.11 Å². The van der Waals surface area contributed by atoms with Gasteiger partial charge < -0.3 is 9.84 Å². The van der Waals surface area contributed by atoms with E-state index in [1.807, 2.05) is 13.0 Å². The molecule has 1 atom stereocenters. The highest BCUT2D eigenvalue weighted by atomic mass is 16.5. The summed E-state index contributed by atoms with van der Waals surface area (Å²) in [7, 11) is 1.15. The monoisotopic (exact) mass is 220 g/mol. The number of carbonyl (C=O) groups excluding carboxylic acids is 2. The maximum absolute atomic E-state index is 11.9. The Morgan fingerprint density at radius 2 is 2.19 bits per heavy atom. The summed E-state index contributed by atoms with van der Waals surface area (Å²) in [6.45, 7) is 1.85. The molecule has 0 aromatic heterocycles. The van der Waals surface area contributed by atoms with E-state index in [-0.39, 0.29) is 6.42 Å². The van der Waals surface area contributed by atoms with Gasteiger partial charge in [0, 0.05) is 12.0 Å². The number of rotatable bonds is 1. The standard InChI is InChI=1S/C12H12O4/c1-7-3-4-8-6-12(15,11(14)16-2)10(13)9(8)5-7/h3-5,15H,6H2,1-2H3/t12-/m1/s1. The molecule has 1 aliphatic carbocycles. The van der Waals surface area contributed by atoms with Crippen molar-refractivity contribution >= 4 is 11.8 Å². The topological polar surface area (TPSA) is 63.6 Å². The molecule has 1 aromatic carbocycles. The SMILES string of the molecule is COC(=O)[C@@]1(O)Cc2ccc(C)cc2C1=O. The molecule has 0 aliphatic heterocycles. The van der Waals surface area contributed by atoms with E-state index in [4.69, 9.17) is 0 Å². The van der Waals surface area contributed by atoms with Gasteiger partial charge in [0.15, 0.2) is 0 Å². The van der Waals surface area contributed by atoms with Gasteiger partial charge >= 0.3 is 5.97 Å². The van der Waals surface area contributed by atoms with Gasteiger partial charge in [0.1, 0.15) is 0 Å². The van der Waals surface area contributed by atoms with Crippen molar-refractivity contribution in [2.45, 2.75) is 18.9 Å². The van der Waals surface area contributed by atoms with Crippen LogP contribution in [-0.2, 0) is 16.0 Å². The van der Waals surface area contributed by atoms with E-state index in [1.54, 1.807) is 12.1 Å². The molecule has 0 saturated heterocycles. The Morgan fingerprint density at radius 3 is 2.81 bits per heavy atom. The van der Waals surface area contributed by atoms with E-state index in [0.29, 0.717) is 11.1 Å². The molecule has 0 unspecified atom stereocenters. The molecular weight excluding hydrogens is 208 g/mol. The quantitative estimate of drug-likeness (QED) is 0.557. The minimum Gasteiger partial charge on any atom is -0.467 e. The van der Waals surface area contributed by atoms with Gasteiger partial charge in [-0.05, 0) is 18.6 Å². The van der Waals surface area contributed by atoms with Gasteiger partial charge in [-0.1, -0.05) is 17.7 Å². The maximum Gasteiger partial charge on any atom is 0.346 e. The minimum absolute atomic E-state index is 0.00583. The number of hydrogen-bond acceptors (Lipinski definition) is 4. The Hall–Kier alpha value is -1.68. The van der Waals surface area contributed by atoms with E-state index in [1.165, 1.54) is 0 Å².